The van der Waals surface area contributed by atoms with E-state index in [0.29, 0.717) is 18.7 Å². The number of hydrogen-bond acceptors (Lipinski definition) is 2. The number of aromatic nitrogens is 2. The predicted molar refractivity (Wildman–Crippen MR) is 113 cm³/mol. The van der Waals surface area contributed by atoms with Gasteiger partial charge < -0.3 is 14.2 Å². The van der Waals surface area contributed by atoms with Crippen molar-refractivity contribution in [3.8, 4) is 0 Å². The third-order valence-corrected chi connectivity index (χ3v) is 5.43. The zero-order chi connectivity index (χ0) is 19.1. The molecule has 138 valence electrons. The van der Waals surface area contributed by atoms with E-state index in [4.69, 9.17) is 0 Å². The maximum Gasteiger partial charge on any atom is 0.152 e. The lowest BCUT2D eigenvalue weighted by molar-refractivity contribution is 0.112. The fraction of sp³-hybridized carbons (Fsp3) is 0.125. The van der Waals surface area contributed by atoms with Crippen molar-refractivity contribution in [2.45, 2.75) is 19.2 Å². The molecule has 0 radical (unpaired) electrons. The second kappa shape index (κ2) is 6.66. The van der Waals surface area contributed by atoms with Gasteiger partial charge >= 0.3 is 0 Å². The van der Waals surface area contributed by atoms with Gasteiger partial charge in [0.1, 0.15) is 0 Å². The Kier molecular flexibility index (Phi) is 3.99. The van der Waals surface area contributed by atoms with Gasteiger partial charge in [0.2, 0.25) is 0 Å². The van der Waals surface area contributed by atoms with Crippen LogP contribution in [0.3, 0.4) is 0 Å². The molecular formula is C24H20N2O2. The summed E-state index contributed by atoms with van der Waals surface area (Å²) in [6.45, 7) is 0.909. The van der Waals surface area contributed by atoms with Gasteiger partial charge in [-0.15, -0.1) is 0 Å². The van der Waals surface area contributed by atoms with Gasteiger partial charge in [0.05, 0.1) is 19.2 Å². The molecule has 0 aliphatic rings. The molecule has 0 saturated heterocycles. The molecule has 28 heavy (non-hydrogen) atoms. The highest BCUT2D eigenvalue weighted by atomic mass is 16.3. The number of benzene rings is 3. The highest BCUT2D eigenvalue weighted by Gasteiger charge is 2.15. The van der Waals surface area contributed by atoms with Gasteiger partial charge in [-0.3, -0.25) is 4.79 Å². The lowest BCUT2D eigenvalue weighted by Crippen LogP contribution is -2.21. The van der Waals surface area contributed by atoms with Crippen LogP contribution in [0.4, 0.5) is 0 Å². The lowest BCUT2D eigenvalue weighted by atomic mass is 10.2. The summed E-state index contributed by atoms with van der Waals surface area (Å²) in [5.74, 6) is 0. The minimum atomic E-state index is -0.588. The highest BCUT2D eigenvalue weighted by Crippen LogP contribution is 2.29. The van der Waals surface area contributed by atoms with Crippen molar-refractivity contribution in [1.29, 1.82) is 0 Å². The van der Waals surface area contributed by atoms with Crippen LogP contribution in [0, 0.1) is 0 Å². The Morgan fingerprint density at radius 2 is 1.29 bits per heavy atom. The van der Waals surface area contributed by atoms with Gasteiger partial charge in [0, 0.05) is 44.5 Å². The summed E-state index contributed by atoms with van der Waals surface area (Å²) in [5, 5.41) is 14.2. The van der Waals surface area contributed by atoms with Crippen LogP contribution in [0.5, 0.6) is 0 Å². The Hall–Kier alpha value is -3.37. The number of carbonyl (C=O) groups excluding carboxylic acids is 1. The van der Waals surface area contributed by atoms with Crippen LogP contribution < -0.4 is 0 Å². The molecular weight excluding hydrogens is 348 g/mol. The average Bonchev–Trinajstić information content (AvgIpc) is 3.25. The van der Waals surface area contributed by atoms with Crippen molar-refractivity contribution >= 4 is 39.0 Å². The average molecular weight is 368 g/mol. The Balaban J connectivity index is 1.53. The van der Waals surface area contributed by atoms with Crippen LogP contribution in [-0.2, 0) is 13.1 Å². The smallest absolute Gasteiger partial charge is 0.152 e. The lowest BCUT2D eigenvalue weighted by Gasteiger charge is -2.15. The molecule has 4 heteroatoms. The normalized spacial score (nSPS) is 12.8. The standard InChI is InChI=1S/C24H20N2O2/c27-16-17-13-25(22-10-4-1-7-19(17)22)14-18(28)15-26-23-11-5-2-8-20(23)21-9-3-6-12-24(21)26/h1-13,16,18,28H,14-15H2/t18-/m0/s1. The van der Waals surface area contributed by atoms with Gasteiger partial charge in [-0.25, -0.2) is 0 Å². The molecule has 0 saturated carbocycles. The van der Waals surface area contributed by atoms with Crippen molar-refractivity contribution in [3.05, 3.63) is 84.6 Å². The molecule has 2 heterocycles. The number of para-hydroxylation sites is 3. The van der Waals surface area contributed by atoms with Crippen molar-refractivity contribution < 1.29 is 9.90 Å². The number of aliphatic hydroxyl groups excluding tert-OH is 1. The predicted octanol–water partition coefficient (Wildman–Crippen LogP) is 4.62. The van der Waals surface area contributed by atoms with E-state index in [1.807, 2.05) is 59.3 Å². The Labute approximate surface area is 162 Å². The van der Waals surface area contributed by atoms with Crippen LogP contribution in [0.2, 0.25) is 0 Å². The highest BCUT2D eigenvalue weighted by molar-refractivity contribution is 6.08. The Morgan fingerprint density at radius 3 is 1.89 bits per heavy atom. The molecule has 4 nitrogen and oxygen atoms in total. The molecule has 5 rings (SSSR count). The molecule has 3 aromatic carbocycles. The van der Waals surface area contributed by atoms with Gasteiger partial charge in [-0.2, -0.15) is 0 Å². The first-order valence-corrected chi connectivity index (χ1v) is 9.43. The quantitative estimate of drug-likeness (QED) is 0.460. The molecule has 0 fully saturated rings. The van der Waals surface area contributed by atoms with Gasteiger partial charge in [0.15, 0.2) is 6.29 Å². The number of carbonyl (C=O) groups is 1. The molecule has 0 aliphatic carbocycles. The van der Waals surface area contributed by atoms with Crippen molar-refractivity contribution in [2.24, 2.45) is 0 Å². The summed E-state index contributed by atoms with van der Waals surface area (Å²) in [4.78, 5) is 11.4. The van der Waals surface area contributed by atoms with E-state index in [2.05, 4.69) is 28.8 Å². The molecule has 0 unspecified atom stereocenters. The van der Waals surface area contributed by atoms with Crippen LogP contribution in [0.25, 0.3) is 32.7 Å². The van der Waals surface area contributed by atoms with E-state index in [1.54, 1.807) is 0 Å². The Morgan fingerprint density at radius 1 is 0.750 bits per heavy atom. The van der Waals surface area contributed by atoms with Gasteiger partial charge in [-0.1, -0.05) is 54.6 Å². The first kappa shape index (κ1) is 16.8. The number of aldehydes is 1. The van der Waals surface area contributed by atoms with E-state index in [0.717, 1.165) is 28.2 Å². The number of rotatable bonds is 5. The number of fused-ring (bicyclic) bond motifs is 4. The summed E-state index contributed by atoms with van der Waals surface area (Å²) >= 11 is 0. The summed E-state index contributed by atoms with van der Waals surface area (Å²) in [5.41, 5.74) is 3.85. The first-order chi connectivity index (χ1) is 13.8. The summed E-state index contributed by atoms with van der Waals surface area (Å²) in [6, 6.07) is 24.4. The third kappa shape index (κ3) is 2.62. The van der Waals surface area contributed by atoms with Gasteiger partial charge in [-0.05, 0) is 18.2 Å². The fourth-order valence-corrected chi connectivity index (χ4v) is 4.22. The van der Waals surface area contributed by atoms with E-state index < -0.39 is 6.10 Å². The molecule has 2 aromatic heterocycles. The van der Waals surface area contributed by atoms with Crippen molar-refractivity contribution in [3.63, 3.8) is 0 Å². The van der Waals surface area contributed by atoms with Gasteiger partial charge in [0.25, 0.3) is 0 Å². The van der Waals surface area contributed by atoms with Crippen LogP contribution >= 0.6 is 0 Å². The van der Waals surface area contributed by atoms with Crippen LogP contribution in [0.15, 0.2) is 79.0 Å². The topological polar surface area (TPSA) is 47.2 Å². The minimum Gasteiger partial charge on any atom is -0.389 e. The molecule has 0 spiro atoms. The minimum absolute atomic E-state index is 0.426. The summed E-state index contributed by atoms with van der Waals surface area (Å²) in [7, 11) is 0. The summed E-state index contributed by atoms with van der Waals surface area (Å²) in [6.07, 6.45) is 2.11. The molecule has 0 bridgehead atoms. The van der Waals surface area contributed by atoms with E-state index in [9.17, 15) is 9.90 Å². The zero-order valence-electron chi connectivity index (χ0n) is 15.3. The van der Waals surface area contributed by atoms with E-state index in [1.165, 1.54) is 10.8 Å². The first-order valence-electron chi connectivity index (χ1n) is 9.43. The second-order valence-electron chi connectivity index (χ2n) is 7.17. The second-order valence-corrected chi connectivity index (χ2v) is 7.17. The van der Waals surface area contributed by atoms with E-state index in [-0.39, 0.29) is 0 Å². The maximum atomic E-state index is 11.4. The zero-order valence-corrected chi connectivity index (χ0v) is 15.3. The number of aliphatic hydroxyl groups is 1. The van der Waals surface area contributed by atoms with Crippen molar-refractivity contribution in [2.75, 3.05) is 0 Å². The molecule has 5 aromatic rings. The van der Waals surface area contributed by atoms with Crippen LogP contribution in [-0.4, -0.2) is 26.6 Å². The number of nitrogens with zero attached hydrogens (tertiary/aromatic N) is 2. The molecule has 1 N–H and O–H groups in total. The SMILES string of the molecule is O=Cc1cn(C[C@H](O)Cn2c3ccccc3c3ccccc32)c2ccccc12. The molecule has 1 atom stereocenters. The van der Waals surface area contributed by atoms with E-state index >= 15 is 0 Å². The third-order valence-electron chi connectivity index (χ3n) is 5.43. The fourth-order valence-electron chi connectivity index (χ4n) is 4.22. The number of hydrogen-bond donors (Lipinski definition) is 1. The monoisotopic (exact) mass is 368 g/mol. The van der Waals surface area contributed by atoms with Crippen molar-refractivity contribution in [1.82, 2.24) is 9.13 Å². The maximum absolute atomic E-state index is 11.4. The summed E-state index contributed by atoms with van der Waals surface area (Å²) < 4.78 is 4.15. The molecule has 0 amide bonds. The molecule has 0 aliphatic heterocycles. The Bertz CT molecular complexity index is 1260. The largest absolute Gasteiger partial charge is 0.389 e. The van der Waals surface area contributed by atoms with Crippen LogP contribution in [0.1, 0.15) is 10.4 Å².